The summed E-state index contributed by atoms with van der Waals surface area (Å²) in [7, 11) is 0. The molecule has 0 bridgehead atoms. The third kappa shape index (κ3) is 8.26. The Morgan fingerprint density at radius 1 is 1.48 bits per heavy atom. The summed E-state index contributed by atoms with van der Waals surface area (Å²) >= 11 is 1.40. The van der Waals surface area contributed by atoms with E-state index in [2.05, 4.69) is 24.3 Å². The monoisotopic (exact) mass is 426 g/mol. The van der Waals surface area contributed by atoms with Crippen molar-refractivity contribution in [2.75, 3.05) is 32.8 Å². The van der Waals surface area contributed by atoms with Crippen LogP contribution >= 0.6 is 11.9 Å². The SMILES string of the molecule is CC(C)CN(C/C(CNC(=O)OC1CCOC1)=N/O)Sc1ccc([N+](=O)[O-])cc1. The van der Waals surface area contributed by atoms with Gasteiger partial charge in [-0.25, -0.2) is 9.10 Å². The molecule has 2 N–H and O–H groups in total. The van der Waals surface area contributed by atoms with Crippen LogP contribution in [0.25, 0.3) is 0 Å². The zero-order chi connectivity index (χ0) is 21.2. The highest BCUT2D eigenvalue weighted by atomic mass is 32.2. The molecule has 1 heterocycles. The number of non-ortho nitro benzene ring substituents is 1. The van der Waals surface area contributed by atoms with E-state index in [-0.39, 0.29) is 18.3 Å². The van der Waals surface area contributed by atoms with Crippen molar-refractivity contribution < 1.29 is 24.4 Å². The van der Waals surface area contributed by atoms with E-state index >= 15 is 0 Å². The third-order valence-electron chi connectivity index (χ3n) is 3.95. The van der Waals surface area contributed by atoms with Crippen molar-refractivity contribution in [3.63, 3.8) is 0 Å². The van der Waals surface area contributed by atoms with Crippen molar-refractivity contribution in [2.45, 2.75) is 31.3 Å². The van der Waals surface area contributed by atoms with Crippen molar-refractivity contribution in [3.8, 4) is 0 Å². The second-order valence-electron chi connectivity index (χ2n) is 6.97. The molecule has 29 heavy (non-hydrogen) atoms. The van der Waals surface area contributed by atoms with E-state index < -0.39 is 11.0 Å². The van der Waals surface area contributed by atoms with Gasteiger partial charge in [0.15, 0.2) is 0 Å². The topological polar surface area (TPSA) is 127 Å². The van der Waals surface area contributed by atoms with E-state index in [1.54, 1.807) is 12.1 Å². The van der Waals surface area contributed by atoms with Gasteiger partial charge >= 0.3 is 6.09 Å². The Hall–Kier alpha value is -2.37. The first-order valence-corrected chi connectivity index (χ1v) is 10.0. The second kappa shape index (κ2) is 11.6. The maximum Gasteiger partial charge on any atom is 0.407 e. The fourth-order valence-corrected chi connectivity index (χ4v) is 3.76. The van der Waals surface area contributed by atoms with Gasteiger partial charge in [0.05, 0.1) is 36.9 Å². The molecular weight excluding hydrogens is 400 g/mol. The van der Waals surface area contributed by atoms with E-state index in [0.29, 0.717) is 44.4 Å². The van der Waals surface area contributed by atoms with E-state index in [0.717, 1.165) is 4.90 Å². The zero-order valence-electron chi connectivity index (χ0n) is 16.4. The molecule has 0 aromatic heterocycles. The van der Waals surface area contributed by atoms with Crippen molar-refractivity contribution in [3.05, 3.63) is 34.4 Å². The molecule has 1 aliphatic heterocycles. The second-order valence-corrected chi connectivity index (χ2v) is 8.14. The van der Waals surface area contributed by atoms with E-state index in [4.69, 9.17) is 9.47 Å². The number of nitro groups is 1. The minimum absolute atomic E-state index is 0.0257. The number of carbonyl (C=O) groups excluding carboxylic acids is 1. The van der Waals surface area contributed by atoms with Crippen LogP contribution in [-0.4, -0.2) is 65.2 Å². The quantitative estimate of drug-likeness (QED) is 0.192. The van der Waals surface area contributed by atoms with Crippen LogP contribution in [0.2, 0.25) is 0 Å². The van der Waals surface area contributed by atoms with Gasteiger partial charge in [-0.05, 0) is 30.0 Å². The number of carbonyl (C=O) groups is 1. The summed E-state index contributed by atoms with van der Waals surface area (Å²) in [5.41, 5.74) is 0.387. The number of nitrogens with zero attached hydrogens (tertiary/aromatic N) is 3. The molecule has 0 aliphatic carbocycles. The van der Waals surface area contributed by atoms with E-state index in [9.17, 15) is 20.1 Å². The van der Waals surface area contributed by atoms with Gasteiger partial charge in [0.2, 0.25) is 0 Å². The predicted octanol–water partition coefficient (Wildman–Crippen LogP) is 2.91. The van der Waals surface area contributed by atoms with Crippen molar-refractivity contribution in [2.24, 2.45) is 11.1 Å². The number of amides is 1. The van der Waals surface area contributed by atoms with Gasteiger partial charge in [-0.2, -0.15) is 0 Å². The predicted molar refractivity (Wildman–Crippen MR) is 108 cm³/mol. The Bertz CT molecular complexity index is 707. The Morgan fingerprint density at radius 2 is 2.21 bits per heavy atom. The molecule has 0 radical (unpaired) electrons. The summed E-state index contributed by atoms with van der Waals surface area (Å²) in [5.74, 6) is 0.334. The van der Waals surface area contributed by atoms with Crippen LogP contribution in [0.3, 0.4) is 0 Å². The van der Waals surface area contributed by atoms with Gasteiger partial charge in [-0.1, -0.05) is 19.0 Å². The lowest BCUT2D eigenvalue weighted by Crippen LogP contribution is -2.37. The molecule has 1 fully saturated rings. The lowest BCUT2D eigenvalue weighted by atomic mass is 10.2. The molecule has 1 atom stereocenters. The Morgan fingerprint density at radius 3 is 2.76 bits per heavy atom. The van der Waals surface area contributed by atoms with Gasteiger partial charge in [-0.3, -0.25) is 10.1 Å². The highest BCUT2D eigenvalue weighted by Crippen LogP contribution is 2.25. The molecule has 160 valence electrons. The first kappa shape index (κ1) is 22.9. The molecule has 1 saturated heterocycles. The highest BCUT2D eigenvalue weighted by Gasteiger charge is 2.20. The molecule has 1 unspecified atom stereocenters. The lowest BCUT2D eigenvalue weighted by Gasteiger charge is -2.23. The van der Waals surface area contributed by atoms with Crippen molar-refractivity contribution in [1.29, 1.82) is 0 Å². The van der Waals surface area contributed by atoms with Crippen molar-refractivity contribution in [1.82, 2.24) is 9.62 Å². The number of benzene rings is 1. The summed E-state index contributed by atoms with van der Waals surface area (Å²) < 4.78 is 12.3. The fourth-order valence-electron chi connectivity index (χ4n) is 2.62. The molecule has 0 saturated carbocycles. The standard InChI is InChI=1S/C18H26N4O6S/c1-13(2)10-21(29-17-5-3-15(4-6-17)22(25)26)11-14(20-24)9-19-18(23)28-16-7-8-27-12-16/h3-6,13,16,24H,7-12H2,1-2H3,(H,19,23)/b20-14+. The number of hydrogen-bond acceptors (Lipinski definition) is 9. The number of hydrogen-bond donors (Lipinski definition) is 2. The van der Waals surface area contributed by atoms with Gasteiger partial charge in [0, 0.05) is 30.0 Å². The Kier molecular flexibility index (Phi) is 9.16. The molecule has 1 amide bonds. The summed E-state index contributed by atoms with van der Waals surface area (Å²) in [6.45, 7) is 6.09. The highest BCUT2D eigenvalue weighted by molar-refractivity contribution is 7.97. The van der Waals surface area contributed by atoms with Gasteiger partial charge in [0.25, 0.3) is 5.69 Å². The normalized spacial score (nSPS) is 17.0. The first-order valence-electron chi connectivity index (χ1n) is 9.26. The van der Waals surface area contributed by atoms with Crippen LogP contribution in [0.5, 0.6) is 0 Å². The molecule has 1 aliphatic rings. The maximum absolute atomic E-state index is 11.9. The Labute approximate surface area is 173 Å². The minimum atomic E-state index is -0.583. The molecule has 11 heteroatoms. The van der Waals surface area contributed by atoms with Gasteiger partial charge < -0.3 is 20.0 Å². The zero-order valence-corrected chi connectivity index (χ0v) is 17.3. The average molecular weight is 426 g/mol. The van der Waals surface area contributed by atoms with Gasteiger partial charge in [0.1, 0.15) is 6.10 Å². The largest absolute Gasteiger partial charge is 0.444 e. The average Bonchev–Trinajstić information content (AvgIpc) is 3.17. The summed E-state index contributed by atoms with van der Waals surface area (Å²) in [6, 6.07) is 6.23. The lowest BCUT2D eigenvalue weighted by molar-refractivity contribution is -0.384. The van der Waals surface area contributed by atoms with Crippen LogP contribution in [0.15, 0.2) is 34.3 Å². The summed E-state index contributed by atoms with van der Waals surface area (Å²) in [4.78, 5) is 23.0. The molecular formula is C18H26N4O6S. The molecule has 2 rings (SSSR count). The number of rotatable bonds is 10. The van der Waals surface area contributed by atoms with Crippen LogP contribution in [0.4, 0.5) is 10.5 Å². The molecule has 0 spiro atoms. The van der Waals surface area contributed by atoms with Crippen molar-refractivity contribution >= 4 is 29.4 Å². The van der Waals surface area contributed by atoms with Crippen LogP contribution in [0.1, 0.15) is 20.3 Å². The van der Waals surface area contributed by atoms with Crippen LogP contribution in [-0.2, 0) is 9.47 Å². The third-order valence-corrected chi connectivity index (χ3v) is 4.97. The molecule has 10 nitrogen and oxygen atoms in total. The summed E-state index contributed by atoms with van der Waals surface area (Å²) in [5, 5.41) is 26.0. The first-order chi connectivity index (χ1) is 13.9. The number of ether oxygens (including phenoxy) is 2. The van der Waals surface area contributed by atoms with E-state index in [1.807, 2.05) is 4.31 Å². The van der Waals surface area contributed by atoms with Crippen LogP contribution in [0, 0.1) is 16.0 Å². The fraction of sp³-hybridized carbons (Fsp3) is 0.556. The minimum Gasteiger partial charge on any atom is -0.444 e. The number of nitro benzene ring substituents is 1. The number of nitrogens with one attached hydrogen (secondary N) is 1. The number of alkyl carbamates (subject to hydrolysis) is 1. The maximum atomic E-state index is 11.9. The molecule has 1 aromatic carbocycles. The smallest absolute Gasteiger partial charge is 0.407 e. The van der Waals surface area contributed by atoms with E-state index in [1.165, 1.54) is 24.1 Å². The van der Waals surface area contributed by atoms with Gasteiger partial charge in [-0.15, -0.1) is 0 Å². The van der Waals surface area contributed by atoms with Crippen LogP contribution < -0.4 is 5.32 Å². The Balaban J connectivity index is 1.90. The summed E-state index contributed by atoms with van der Waals surface area (Å²) in [6.07, 6.45) is -0.165. The molecule has 1 aromatic rings. The number of oxime groups is 1.